The van der Waals surface area contributed by atoms with Gasteiger partial charge in [0.1, 0.15) is 5.82 Å². The lowest BCUT2D eigenvalue weighted by Gasteiger charge is -2.24. The van der Waals surface area contributed by atoms with E-state index in [2.05, 4.69) is 46.1 Å². The average Bonchev–Trinajstić information content (AvgIpc) is 2.61. The van der Waals surface area contributed by atoms with E-state index in [9.17, 15) is 0 Å². The molecule has 22 heavy (non-hydrogen) atoms. The summed E-state index contributed by atoms with van der Waals surface area (Å²) in [5, 5.41) is 0. The fraction of sp³-hybridized carbons (Fsp3) is 0.158. The molecule has 0 aliphatic heterocycles. The van der Waals surface area contributed by atoms with Crippen molar-refractivity contribution < 1.29 is 0 Å². The van der Waals surface area contributed by atoms with Crippen LogP contribution in [-0.4, -0.2) is 9.97 Å². The molecule has 2 heterocycles. The smallest absolute Gasteiger partial charge is 0.133 e. The molecule has 0 N–H and O–H groups in total. The first-order valence-corrected chi connectivity index (χ1v) is 7.53. The molecule has 2 aromatic heterocycles. The molecular weight excluding hydrogens is 270 g/mol. The summed E-state index contributed by atoms with van der Waals surface area (Å²) in [6.07, 6.45) is 6.53. The van der Waals surface area contributed by atoms with Crippen LogP contribution in [0.4, 0.5) is 11.5 Å². The average molecular weight is 289 g/mol. The molecule has 0 saturated heterocycles. The van der Waals surface area contributed by atoms with E-state index in [1.807, 2.05) is 48.9 Å². The lowest BCUT2D eigenvalue weighted by Crippen LogP contribution is -2.17. The van der Waals surface area contributed by atoms with Crippen LogP contribution < -0.4 is 4.90 Å². The number of benzene rings is 1. The van der Waals surface area contributed by atoms with Gasteiger partial charge >= 0.3 is 0 Å². The van der Waals surface area contributed by atoms with E-state index in [0.717, 1.165) is 24.5 Å². The van der Waals surface area contributed by atoms with Crippen molar-refractivity contribution >= 4 is 11.5 Å². The molecule has 0 atom stereocenters. The van der Waals surface area contributed by atoms with Crippen LogP contribution in [0.25, 0.3) is 0 Å². The van der Waals surface area contributed by atoms with Gasteiger partial charge in [-0.2, -0.15) is 0 Å². The van der Waals surface area contributed by atoms with Crippen LogP contribution in [0.1, 0.15) is 18.1 Å². The quantitative estimate of drug-likeness (QED) is 0.698. The molecule has 0 spiro atoms. The third-order valence-corrected chi connectivity index (χ3v) is 3.67. The lowest BCUT2D eigenvalue weighted by atomic mass is 10.1. The number of rotatable bonds is 5. The van der Waals surface area contributed by atoms with Gasteiger partial charge in [-0.25, -0.2) is 4.98 Å². The van der Waals surface area contributed by atoms with Gasteiger partial charge in [0, 0.05) is 30.8 Å². The summed E-state index contributed by atoms with van der Waals surface area (Å²) in [6, 6.07) is 18.7. The number of anilines is 2. The highest BCUT2D eigenvalue weighted by Crippen LogP contribution is 2.26. The van der Waals surface area contributed by atoms with E-state index in [4.69, 9.17) is 0 Å². The highest BCUT2D eigenvalue weighted by atomic mass is 15.2. The Hall–Kier alpha value is -2.68. The fourth-order valence-electron chi connectivity index (χ4n) is 2.40. The Kier molecular flexibility index (Phi) is 4.44. The second kappa shape index (κ2) is 6.85. The van der Waals surface area contributed by atoms with Crippen molar-refractivity contribution in [1.82, 2.24) is 9.97 Å². The third-order valence-electron chi connectivity index (χ3n) is 3.67. The van der Waals surface area contributed by atoms with Crippen molar-refractivity contribution in [2.24, 2.45) is 0 Å². The highest BCUT2D eigenvalue weighted by Gasteiger charge is 2.11. The number of hydrogen-bond donors (Lipinski definition) is 0. The molecule has 3 rings (SSSR count). The standard InChI is InChI=1S/C19H19N3/c1-2-16-6-8-18(9-7-16)22(19-5-3-4-12-21-19)15-17-10-13-20-14-11-17/h3-14H,2,15H2,1H3. The predicted octanol–water partition coefficient (Wildman–Crippen LogP) is 4.38. The van der Waals surface area contributed by atoms with Crippen molar-refractivity contribution in [2.75, 3.05) is 4.90 Å². The van der Waals surface area contributed by atoms with Crippen LogP contribution in [0.5, 0.6) is 0 Å². The minimum Gasteiger partial charge on any atom is -0.322 e. The Balaban J connectivity index is 1.95. The summed E-state index contributed by atoms with van der Waals surface area (Å²) in [4.78, 5) is 10.8. The molecule has 0 aliphatic carbocycles. The van der Waals surface area contributed by atoms with Crippen LogP contribution in [0.15, 0.2) is 73.2 Å². The van der Waals surface area contributed by atoms with Gasteiger partial charge in [0.05, 0.1) is 0 Å². The van der Waals surface area contributed by atoms with Crippen molar-refractivity contribution in [1.29, 1.82) is 0 Å². The number of hydrogen-bond acceptors (Lipinski definition) is 3. The maximum Gasteiger partial charge on any atom is 0.133 e. The number of pyridine rings is 2. The minimum atomic E-state index is 0.769. The van der Waals surface area contributed by atoms with Crippen LogP contribution >= 0.6 is 0 Å². The van der Waals surface area contributed by atoms with Gasteiger partial charge in [-0.1, -0.05) is 25.1 Å². The Bertz CT molecular complexity index is 694. The van der Waals surface area contributed by atoms with E-state index in [1.54, 1.807) is 0 Å². The first-order valence-electron chi connectivity index (χ1n) is 7.53. The summed E-state index contributed by atoms with van der Waals surface area (Å²) in [7, 11) is 0. The number of aromatic nitrogens is 2. The maximum absolute atomic E-state index is 4.50. The first-order chi connectivity index (χ1) is 10.9. The molecule has 0 amide bonds. The minimum absolute atomic E-state index is 0.769. The molecule has 0 radical (unpaired) electrons. The molecule has 0 bridgehead atoms. The van der Waals surface area contributed by atoms with Crippen molar-refractivity contribution in [3.8, 4) is 0 Å². The second-order valence-corrected chi connectivity index (χ2v) is 5.15. The highest BCUT2D eigenvalue weighted by molar-refractivity contribution is 5.60. The summed E-state index contributed by atoms with van der Waals surface area (Å²) in [5.41, 5.74) is 3.70. The SMILES string of the molecule is CCc1ccc(N(Cc2ccncc2)c2ccccn2)cc1. The normalized spacial score (nSPS) is 10.4. The fourth-order valence-corrected chi connectivity index (χ4v) is 2.40. The van der Waals surface area contributed by atoms with Crippen molar-refractivity contribution in [3.63, 3.8) is 0 Å². The van der Waals surface area contributed by atoms with E-state index >= 15 is 0 Å². The number of nitrogens with zero attached hydrogens (tertiary/aromatic N) is 3. The van der Waals surface area contributed by atoms with Crippen molar-refractivity contribution in [3.05, 3.63) is 84.3 Å². The summed E-state index contributed by atoms with van der Waals surface area (Å²) in [6.45, 7) is 2.94. The van der Waals surface area contributed by atoms with Gasteiger partial charge in [0.15, 0.2) is 0 Å². The second-order valence-electron chi connectivity index (χ2n) is 5.15. The van der Waals surface area contributed by atoms with Gasteiger partial charge < -0.3 is 4.90 Å². The summed E-state index contributed by atoms with van der Waals surface area (Å²) in [5.74, 6) is 0.948. The van der Waals surface area contributed by atoms with Gasteiger partial charge in [0.25, 0.3) is 0 Å². The molecule has 0 aliphatic rings. The predicted molar refractivity (Wildman–Crippen MR) is 90.1 cm³/mol. The molecule has 1 aromatic carbocycles. The molecule has 0 fully saturated rings. The first kappa shape index (κ1) is 14.3. The van der Waals surface area contributed by atoms with Gasteiger partial charge in [-0.05, 0) is 53.9 Å². The van der Waals surface area contributed by atoms with E-state index < -0.39 is 0 Å². The maximum atomic E-state index is 4.50. The van der Waals surface area contributed by atoms with E-state index in [0.29, 0.717) is 0 Å². The summed E-state index contributed by atoms with van der Waals surface area (Å²) < 4.78 is 0. The molecule has 110 valence electrons. The Morgan fingerprint density at radius 3 is 2.23 bits per heavy atom. The molecular formula is C19H19N3. The molecule has 3 aromatic rings. The van der Waals surface area contributed by atoms with Gasteiger partial charge in [0.2, 0.25) is 0 Å². The monoisotopic (exact) mass is 289 g/mol. The van der Waals surface area contributed by atoms with E-state index in [-0.39, 0.29) is 0 Å². The largest absolute Gasteiger partial charge is 0.322 e. The zero-order chi connectivity index (χ0) is 15.2. The Morgan fingerprint density at radius 1 is 0.818 bits per heavy atom. The van der Waals surface area contributed by atoms with Crippen LogP contribution in [-0.2, 0) is 13.0 Å². The molecule has 3 heteroatoms. The van der Waals surface area contributed by atoms with Crippen LogP contribution in [0, 0.1) is 0 Å². The lowest BCUT2D eigenvalue weighted by molar-refractivity contribution is 0.942. The zero-order valence-corrected chi connectivity index (χ0v) is 12.7. The molecule has 0 unspecified atom stereocenters. The molecule has 3 nitrogen and oxygen atoms in total. The summed E-state index contributed by atoms with van der Waals surface area (Å²) >= 11 is 0. The third kappa shape index (κ3) is 3.31. The van der Waals surface area contributed by atoms with Gasteiger partial charge in [-0.3, -0.25) is 4.98 Å². The van der Waals surface area contributed by atoms with Crippen LogP contribution in [0.3, 0.4) is 0 Å². The Labute approximate surface area is 131 Å². The number of aryl methyl sites for hydroxylation is 1. The topological polar surface area (TPSA) is 29.0 Å². The van der Waals surface area contributed by atoms with Crippen LogP contribution in [0.2, 0.25) is 0 Å². The van der Waals surface area contributed by atoms with Gasteiger partial charge in [-0.15, -0.1) is 0 Å². The Morgan fingerprint density at radius 2 is 1.59 bits per heavy atom. The van der Waals surface area contributed by atoms with E-state index in [1.165, 1.54) is 11.1 Å². The van der Waals surface area contributed by atoms with Crippen molar-refractivity contribution in [2.45, 2.75) is 19.9 Å². The zero-order valence-electron chi connectivity index (χ0n) is 12.7. The molecule has 0 saturated carbocycles.